The molecular weight excluding hydrogens is 376 g/mol. The van der Waals surface area contributed by atoms with Crippen LogP contribution in [-0.2, 0) is 25.5 Å². The van der Waals surface area contributed by atoms with Gasteiger partial charge in [-0.1, -0.05) is 24.3 Å². The van der Waals surface area contributed by atoms with E-state index in [1.807, 2.05) is 0 Å². The normalized spacial score (nSPS) is 14.1. The van der Waals surface area contributed by atoms with E-state index in [0.29, 0.717) is 22.6 Å². The molecule has 0 saturated heterocycles. The molecule has 8 nitrogen and oxygen atoms in total. The van der Waals surface area contributed by atoms with Gasteiger partial charge in [0.25, 0.3) is 11.8 Å². The fourth-order valence-electron chi connectivity index (χ4n) is 2.92. The molecule has 0 unspecified atom stereocenters. The summed E-state index contributed by atoms with van der Waals surface area (Å²) in [5, 5.41) is 2.61. The number of fused-ring (bicyclic) bond motifs is 1. The van der Waals surface area contributed by atoms with Gasteiger partial charge in [0, 0.05) is 17.3 Å². The Morgan fingerprint density at radius 3 is 2.66 bits per heavy atom. The first kappa shape index (κ1) is 20.1. The van der Waals surface area contributed by atoms with Gasteiger partial charge in [0.15, 0.2) is 6.10 Å². The number of imide groups is 1. The van der Waals surface area contributed by atoms with Crippen molar-refractivity contribution >= 4 is 29.4 Å². The van der Waals surface area contributed by atoms with E-state index in [2.05, 4.69) is 5.32 Å². The molecule has 1 aliphatic heterocycles. The highest BCUT2D eigenvalue weighted by Crippen LogP contribution is 2.20. The summed E-state index contributed by atoms with van der Waals surface area (Å²) in [7, 11) is 1.51. The summed E-state index contributed by atoms with van der Waals surface area (Å²) in [6, 6.07) is 13.4. The molecule has 0 aromatic heterocycles. The van der Waals surface area contributed by atoms with Crippen molar-refractivity contribution in [2.75, 3.05) is 19.0 Å². The van der Waals surface area contributed by atoms with E-state index in [9.17, 15) is 19.2 Å². The van der Waals surface area contributed by atoms with Crippen LogP contribution in [0, 0.1) is 0 Å². The second-order valence-corrected chi connectivity index (χ2v) is 6.47. The number of nitrogens with one attached hydrogen (secondary N) is 1. The van der Waals surface area contributed by atoms with Crippen molar-refractivity contribution in [1.82, 2.24) is 4.90 Å². The highest BCUT2D eigenvalue weighted by molar-refractivity contribution is 6.11. The summed E-state index contributed by atoms with van der Waals surface area (Å²) < 4.78 is 10.2. The molecule has 150 valence electrons. The van der Waals surface area contributed by atoms with Gasteiger partial charge in [0.1, 0.15) is 12.3 Å². The topological polar surface area (TPSA) is 102 Å². The van der Waals surface area contributed by atoms with Gasteiger partial charge in [-0.2, -0.15) is 0 Å². The number of benzene rings is 2. The standard InChI is InChI=1S/C21H20N2O6/c1-13(20(26)22-15-7-5-8-16(11-15)28-2)29-19(25)12-23-18(24)10-14-6-3-4-9-17(14)21(23)27/h3-9,11,13H,10,12H2,1-2H3,(H,22,26)/t13-/m0/s1. The van der Waals surface area contributed by atoms with Crippen molar-refractivity contribution in [3.8, 4) is 5.75 Å². The molecule has 29 heavy (non-hydrogen) atoms. The third-order valence-electron chi connectivity index (χ3n) is 4.44. The summed E-state index contributed by atoms with van der Waals surface area (Å²) in [6.07, 6.45) is -1.09. The maximum Gasteiger partial charge on any atom is 0.326 e. The predicted octanol–water partition coefficient (Wildman–Crippen LogP) is 1.79. The summed E-state index contributed by atoms with van der Waals surface area (Å²) in [5.74, 6) is -1.87. The van der Waals surface area contributed by atoms with Crippen molar-refractivity contribution in [2.45, 2.75) is 19.4 Å². The lowest BCUT2D eigenvalue weighted by molar-refractivity contribution is -0.155. The van der Waals surface area contributed by atoms with Gasteiger partial charge in [0.05, 0.1) is 13.5 Å². The average molecular weight is 396 g/mol. The molecule has 0 fully saturated rings. The molecule has 0 saturated carbocycles. The van der Waals surface area contributed by atoms with Gasteiger partial charge >= 0.3 is 5.97 Å². The quantitative estimate of drug-likeness (QED) is 0.590. The zero-order valence-corrected chi connectivity index (χ0v) is 16.0. The van der Waals surface area contributed by atoms with E-state index < -0.39 is 36.3 Å². The third-order valence-corrected chi connectivity index (χ3v) is 4.44. The maximum absolute atomic E-state index is 12.5. The van der Waals surface area contributed by atoms with Crippen molar-refractivity contribution in [3.05, 3.63) is 59.7 Å². The maximum atomic E-state index is 12.5. The number of nitrogens with zero attached hydrogens (tertiary/aromatic N) is 1. The van der Waals surface area contributed by atoms with Crippen LogP contribution in [0.25, 0.3) is 0 Å². The van der Waals surface area contributed by atoms with Crippen molar-refractivity contribution in [3.63, 3.8) is 0 Å². The summed E-state index contributed by atoms with van der Waals surface area (Å²) >= 11 is 0. The summed E-state index contributed by atoms with van der Waals surface area (Å²) in [5.41, 5.74) is 1.48. The number of carbonyl (C=O) groups is 4. The minimum Gasteiger partial charge on any atom is -0.497 e. The SMILES string of the molecule is COc1cccc(NC(=O)[C@H](C)OC(=O)CN2C(=O)Cc3ccccc3C2=O)c1. The molecule has 0 bridgehead atoms. The second-order valence-electron chi connectivity index (χ2n) is 6.47. The van der Waals surface area contributed by atoms with Gasteiger partial charge in [-0.25, -0.2) is 0 Å². The van der Waals surface area contributed by atoms with Gasteiger partial charge in [0.2, 0.25) is 5.91 Å². The predicted molar refractivity (Wildman–Crippen MR) is 103 cm³/mol. The molecule has 1 N–H and O–H groups in total. The molecule has 8 heteroatoms. The zero-order valence-electron chi connectivity index (χ0n) is 16.0. The van der Waals surface area contributed by atoms with Crippen LogP contribution < -0.4 is 10.1 Å². The Hall–Kier alpha value is -3.68. The van der Waals surface area contributed by atoms with Crippen molar-refractivity contribution in [1.29, 1.82) is 0 Å². The smallest absolute Gasteiger partial charge is 0.326 e. The van der Waals surface area contributed by atoms with Gasteiger partial charge in [-0.05, 0) is 30.7 Å². The monoisotopic (exact) mass is 396 g/mol. The van der Waals surface area contributed by atoms with Crippen molar-refractivity contribution < 1.29 is 28.7 Å². The number of esters is 1. The summed E-state index contributed by atoms with van der Waals surface area (Å²) in [4.78, 5) is 50.0. The van der Waals surface area contributed by atoms with E-state index in [1.54, 1.807) is 48.5 Å². The number of amides is 3. The van der Waals surface area contributed by atoms with Crippen LogP contribution in [0.2, 0.25) is 0 Å². The Bertz CT molecular complexity index is 971. The zero-order chi connectivity index (χ0) is 21.0. The van der Waals surface area contributed by atoms with Crippen LogP contribution in [0.5, 0.6) is 5.75 Å². The number of methoxy groups -OCH3 is 1. The lowest BCUT2D eigenvalue weighted by Gasteiger charge is -2.26. The number of hydrogen-bond donors (Lipinski definition) is 1. The average Bonchev–Trinajstić information content (AvgIpc) is 2.71. The Morgan fingerprint density at radius 1 is 1.14 bits per heavy atom. The Balaban J connectivity index is 1.59. The highest BCUT2D eigenvalue weighted by atomic mass is 16.5. The Morgan fingerprint density at radius 2 is 1.90 bits per heavy atom. The van der Waals surface area contributed by atoms with Crippen molar-refractivity contribution in [2.24, 2.45) is 0 Å². The number of carbonyl (C=O) groups excluding carboxylic acids is 4. The first-order valence-electron chi connectivity index (χ1n) is 8.96. The number of hydrogen-bond acceptors (Lipinski definition) is 6. The number of ether oxygens (including phenoxy) is 2. The van der Waals surface area contributed by atoms with Crippen LogP contribution >= 0.6 is 0 Å². The molecule has 0 spiro atoms. The van der Waals surface area contributed by atoms with E-state index in [-0.39, 0.29) is 6.42 Å². The first-order chi connectivity index (χ1) is 13.9. The molecular formula is C21H20N2O6. The lowest BCUT2D eigenvalue weighted by atomic mass is 9.98. The third kappa shape index (κ3) is 4.60. The minimum atomic E-state index is -1.11. The largest absolute Gasteiger partial charge is 0.497 e. The van der Waals surface area contributed by atoms with Crippen LogP contribution in [-0.4, -0.2) is 48.3 Å². The van der Waals surface area contributed by atoms with E-state index >= 15 is 0 Å². The second kappa shape index (κ2) is 8.55. The molecule has 0 aliphatic carbocycles. The molecule has 0 radical (unpaired) electrons. The molecule has 1 aliphatic rings. The molecule has 2 aromatic carbocycles. The Labute approximate surface area is 167 Å². The highest BCUT2D eigenvalue weighted by Gasteiger charge is 2.33. The van der Waals surface area contributed by atoms with Crippen LogP contribution in [0.3, 0.4) is 0 Å². The van der Waals surface area contributed by atoms with Gasteiger partial charge in [-0.15, -0.1) is 0 Å². The lowest BCUT2D eigenvalue weighted by Crippen LogP contribution is -2.46. The van der Waals surface area contributed by atoms with E-state index in [0.717, 1.165) is 4.90 Å². The first-order valence-corrected chi connectivity index (χ1v) is 8.96. The van der Waals surface area contributed by atoms with E-state index in [4.69, 9.17) is 9.47 Å². The fraction of sp³-hybridized carbons (Fsp3) is 0.238. The van der Waals surface area contributed by atoms with Crippen LogP contribution in [0.1, 0.15) is 22.8 Å². The molecule has 1 atom stereocenters. The molecule has 2 aromatic rings. The van der Waals surface area contributed by atoms with Gasteiger partial charge in [-0.3, -0.25) is 24.1 Å². The molecule has 1 heterocycles. The Kier molecular flexibility index (Phi) is 5.92. The molecule has 3 amide bonds. The molecule has 3 rings (SSSR count). The minimum absolute atomic E-state index is 0.0288. The fourth-order valence-corrected chi connectivity index (χ4v) is 2.92. The van der Waals surface area contributed by atoms with Crippen LogP contribution in [0.15, 0.2) is 48.5 Å². The summed E-state index contributed by atoms with van der Waals surface area (Å²) in [6.45, 7) is 0.853. The van der Waals surface area contributed by atoms with Crippen LogP contribution in [0.4, 0.5) is 5.69 Å². The van der Waals surface area contributed by atoms with E-state index in [1.165, 1.54) is 14.0 Å². The number of anilines is 1. The van der Waals surface area contributed by atoms with Gasteiger partial charge < -0.3 is 14.8 Å². The number of rotatable bonds is 6.